The number of amides is 1. The lowest BCUT2D eigenvalue weighted by Gasteiger charge is -2.44. The number of hydrogen-bond donors (Lipinski definition) is 0. The van der Waals surface area contributed by atoms with Crippen molar-refractivity contribution in [3.8, 4) is 0 Å². The van der Waals surface area contributed by atoms with E-state index in [2.05, 4.69) is 11.0 Å². The second-order valence-corrected chi connectivity index (χ2v) is 8.73. The molecule has 0 N–H and O–H groups in total. The first kappa shape index (κ1) is 12.9. The van der Waals surface area contributed by atoms with Gasteiger partial charge in [0.25, 0.3) is 0 Å². The van der Waals surface area contributed by atoms with Crippen LogP contribution in [0.25, 0.3) is 0 Å². The van der Waals surface area contributed by atoms with E-state index in [1.165, 1.54) is 10.4 Å². The van der Waals surface area contributed by atoms with Crippen molar-refractivity contribution in [1.29, 1.82) is 0 Å². The van der Waals surface area contributed by atoms with Crippen molar-refractivity contribution < 1.29 is 9.53 Å². The van der Waals surface area contributed by atoms with Gasteiger partial charge in [0, 0.05) is 18.0 Å². The largest absolute Gasteiger partial charge is 0.369 e. The summed E-state index contributed by atoms with van der Waals surface area (Å²) in [5, 5.41) is 0. The fraction of sp³-hybridized carbons (Fsp3) is 0.688. The molecule has 3 nitrogen and oxygen atoms in total. The molecule has 3 fully saturated rings. The SMILES string of the molecule is O=C(N1CCC2(CC1)OCCc1cc(Cl)sc12)C12CC1C2. The predicted octanol–water partition coefficient (Wildman–Crippen LogP) is 3.20. The Labute approximate surface area is 133 Å². The monoisotopic (exact) mass is 323 g/mol. The fourth-order valence-corrected chi connectivity index (χ4v) is 5.70. The van der Waals surface area contributed by atoms with Crippen molar-refractivity contribution in [2.45, 2.75) is 37.7 Å². The summed E-state index contributed by atoms with van der Waals surface area (Å²) in [6.45, 7) is 2.45. The number of carbonyl (C=O) groups excluding carboxylic acids is 1. The Morgan fingerprint density at radius 1 is 1.38 bits per heavy atom. The van der Waals surface area contributed by atoms with Gasteiger partial charge in [0.1, 0.15) is 5.60 Å². The second-order valence-electron chi connectivity index (χ2n) is 7.05. The summed E-state index contributed by atoms with van der Waals surface area (Å²) in [6.07, 6.45) is 5.10. The van der Waals surface area contributed by atoms with Crippen molar-refractivity contribution in [3.63, 3.8) is 0 Å². The maximum absolute atomic E-state index is 12.5. The van der Waals surface area contributed by atoms with Gasteiger partial charge in [-0.1, -0.05) is 11.6 Å². The van der Waals surface area contributed by atoms with Crippen molar-refractivity contribution >= 4 is 28.8 Å². The molecule has 5 rings (SSSR count). The number of likely N-dealkylation sites (tertiary alicyclic amines) is 1. The molecule has 1 spiro atoms. The number of fused-ring (bicyclic) bond motifs is 3. The molecule has 1 amide bonds. The molecule has 5 heteroatoms. The topological polar surface area (TPSA) is 29.5 Å². The van der Waals surface area contributed by atoms with Gasteiger partial charge in [0.15, 0.2) is 0 Å². The maximum Gasteiger partial charge on any atom is 0.229 e. The third-order valence-corrected chi connectivity index (χ3v) is 7.40. The zero-order chi connectivity index (χ0) is 14.2. The van der Waals surface area contributed by atoms with E-state index in [4.69, 9.17) is 16.3 Å². The Balaban J connectivity index is 1.37. The van der Waals surface area contributed by atoms with Gasteiger partial charge in [-0.2, -0.15) is 0 Å². The van der Waals surface area contributed by atoms with Gasteiger partial charge >= 0.3 is 0 Å². The Morgan fingerprint density at radius 3 is 2.76 bits per heavy atom. The third-order valence-electron chi connectivity index (χ3n) is 5.91. The number of rotatable bonds is 1. The summed E-state index contributed by atoms with van der Waals surface area (Å²) in [6, 6.07) is 2.10. The van der Waals surface area contributed by atoms with E-state index in [0.29, 0.717) is 5.91 Å². The average molecular weight is 324 g/mol. The van der Waals surface area contributed by atoms with Crippen molar-refractivity contribution in [2.24, 2.45) is 11.3 Å². The molecule has 2 aliphatic carbocycles. The van der Waals surface area contributed by atoms with Gasteiger partial charge < -0.3 is 9.64 Å². The number of hydrogen-bond acceptors (Lipinski definition) is 3. The average Bonchev–Trinajstić information content (AvgIpc) is 3.30. The Kier molecular flexibility index (Phi) is 2.48. The van der Waals surface area contributed by atoms with Crippen molar-refractivity contribution in [3.05, 3.63) is 20.8 Å². The van der Waals surface area contributed by atoms with E-state index in [9.17, 15) is 4.79 Å². The fourth-order valence-electron chi connectivity index (χ4n) is 4.20. The summed E-state index contributed by atoms with van der Waals surface area (Å²) in [4.78, 5) is 15.9. The molecular weight excluding hydrogens is 306 g/mol. The van der Waals surface area contributed by atoms with E-state index >= 15 is 0 Å². The number of carbonyl (C=O) groups is 1. The molecular formula is C16H18ClNO2S. The Morgan fingerprint density at radius 2 is 2.10 bits per heavy atom. The van der Waals surface area contributed by atoms with Gasteiger partial charge in [0.2, 0.25) is 5.91 Å². The quantitative estimate of drug-likeness (QED) is 0.794. The lowest BCUT2D eigenvalue weighted by molar-refractivity contribution is -0.143. The van der Waals surface area contributed by atoms with Crippen LogP contribution in [-0.2, 0) is 21.6 Å². The highest BCUT2D eigenvalue weighted by Crippen LogP contribution is 2.76. The highest BCUT2D eigenvalue weighted by Gasteiger charge is 2.75. The Hall–Kier alpha value is -0.580. The number of piperidine rings is 1. The van der Waals surface area contributed by atoms with Gasteiger partial charge in [0.05, 0.1) is 16.4 Å². The summed E-state index contributed by atoms with van der Waals surface area (Å²) in [5.41, 5.74) is 1.29. The molecule has 2 saturated carbocycles. The third kappa shape index (κ3) is 1.73. The standard InChI is InChI=1S/C16H18ClNO2S/c17-12-7-10-1-6-20-16(13(10)21-12)2-4-18(5-3-16)14(19)15-8-11(15)9-15/h7,11H,1-6,8-9H2. The minimum atomic E-state index is -0.174. The first-order valence-electron chi connectivity index (χ1n) is 7.85. The van der Waals surface area contributed by atoms with Crippen LogP contribution in [0, 0.1) is 11.3 Å². The zero-order valence-corrected chi connectivity index (χ0v) is 13.4. The molecule has 4 aliphatic rings. The highest BCUT2D eigenvalue weighted by molar-refractivity contribution is 7.16. The van der Waals surface area contributed by atoms with Crippen LogP contribution in [0.3, 0.4) is 0 Å². The van der Waals surface area contributed by atoms with Gasteiger partial charge in [-0.25, -0.2) is 0 Å². The lowest BCUT2D eigenvalue weighted by atomic mass is 9.85. The van der Waals surface area contributed by atoms with Crippen molar-refractivity contribution in [2.75, 3.05) is 19.7 Å². The Bertz CT molecular complexity index is 626. The molecule has 1 aromatic rings. The number of nitrogens with zero attached hydrogens (tertiary/aromatic N) is 1. The van der Waals surface area contributed by atoms with Gasteiger partial charge in [-0.15, -0.1) is 11.3 Å². The minimum absolute atomic E-state index is 0.106. The molecule has 0 aromatic carbocycles. The van der Waals surface area contributed by atoms with Crippen LogP contribution in [0.1, 0.15) is 36.1 Å². The second kappa shape index (κ2) is 4.03. The minimum Gasteiger partial charge on any atom is -0.369 e. The van der Waals surface area contributed by atoms with E-state index in [1.807, 2.05) is 0 Å². The highest BCUT2D eigenvalue weighted by atomic mass is 35.5. The van der Waals surface area contributed by atoms with Crippen LogP contribution in [-0.4, -0.2) is 30.5 Å². The molecule has 0 radical (unpaired) electrons. The summed E-state index contributed by atoms with van der Waals surface area (Å²) >= 11 is 7.87. The van der Waals surface area contributed by atoms with E-state index in [0.717, 1.165) is 62.1 Å². The van der Waals surface area contributed by atoms with Gasteiger partial charge in [-0.3, -0.25) is 4.79 Å². The van der Waals surface area contributed by atoms with Crippen LogP contribution in [0.4, 0.5) is 0 Å². The van der Waals surface area contributed by atoms with E-state index in [-0.39, 0.29) is 11.0 Å². The summed E-state index contributed by atoms with van der Waals surface area (Å²) < 4.78 is 7.06. The lowest BCUT2D eigenvalue weighted by Crippen LogP contribution is -2.48. The number of thiophene rings is 1. The number of halogens is 1. The predicted molar refractivity (Wildman–Crippen MR) is 81.6 cm³/mol. The van der Waals surface area contributed by atoms with Crippen LogP contribution in [0.2, 0.25) is 4.34 Å². The molecule has 1 saturated heterocycles. The molecule has 112 valence electrons. The molecule has 2 aliphatic heterocycles. The number of ether oxygens (including phenoxy) is 1. The maximum atomic E-state index is 12.5. The summed E-state index contributed by atoms with van der Waals surface area (Å²) in [7, 11) is 0. The van der Waals surface area contributed by atoms with E-state index in [1.54, 1.807) is 11.3 Å². The summed E-state index contributed by atoms with van der Waals surface area (Å²) in [5.74, 6) is 1.15. The van der Waals surface area contributed by atoms with Crippen LogP contribution in [0.5, 0.6) is 0 Å². The first-order valence-corrected chi connectivity index (χ1v) is 9.04. The van der Waals surface area contributed by atoms with Crippen LogP contribution < -0.4 is 0 Å². The first-order chi connectivity index (χ1) is 10.1. The molecule has 0 atom stereocenters. The molecule has 1 aromatic heterocycles. The van der Waals surface area contributed by atoms with Gasteiger partial charge in [-0.05, 0) is 49.7 Å². The van der Waals surface area contributed by atoms with Crippen LogP contribution in [0.15, 0.2) is 6.07 Å². The molecule has 0 bridgehead atoms. The molecule has 21 heavy (non-hydrogen) atoms. The smallest absolute Gasteiger partial charge is 0.229 e. The van der Waals surface area contributed by atoms with Crippen molar-refractivity contribution in [1.82, 2.24) is 4.90 Å². The molecule has 3 heterocycles. The molecule has 0 unspecified atom stereocenters. The zero-order valence-electron chi connectivity index (χ0n) is 11.9. The van der Waals surface area contributed by atoms with Crippen LogP contribution >= 0.6 is 22.9 Å². The normalized spacial score (nSPS) is 35.3. The van der Waals surface area contributed by atoms with E-state index < -0.39 is 0 Å².